The van der Waals surface area contributed by atoms with E-state index in [0.717, 1.165) is 17.3 Å². The smallest absolute Gasteiger partial charge is 0.240 e. The number of hydrogen-bond donors (Lipinski definition) is 1. The van der Waals surface area contributed by atoms with E-state index in [4.69, 9.17) is 4.74 Å². The fourth-order valence-corrected chi connectivity index (χ4v) is 3.09. The molecule has 6 heteroatoms. The number of nitrogens with one attached hydrogen (secondary N) is 1. The molecule has 0 bridgehead atoms. The molecule has 1 saturated carbocycles. The van der Waals surface area contributed by atoms with Crippen LogP contribution < -0.4 is 9.46 Å². The first-order valence-corrected chi connectivity index (χ1v) is 7.75. The molecular weight excluding hydrogens is 306 g/mol. The Morgan fingerprint density at radius 1 is 1.47 bits per heavy atom. The van der Waals surface area contributed by atoms with E-state index in [1.165, 1.54) is 6.07 Å². The molecule has 4 nitrogen and oxygen atoms in total. The number of halogens is 1. The molecule has 0 heterocycles. The summed E-state index contributed by atoms with van der Waals surface area (Å²) in [6.07, 6.45) is 1.85. The van der Waals surface area contributed by atoms with Crippen LogP contribution in [0.15, 0.2) is 27.6 Å². The lowest BCUT2D eigenvalue weighted by molar-refractivity contribution is 0.337. The van der Waals surface area contributed by atoms with Crippen LogP contribution in [-0.2, 0) is 10.0 Å². The number of hydrogen-bond acceptors (Lipinski definition) is 3. The summed E-state index contributed by atoms with van der Waals surface area (Å²) in [5.41, 5.74) is 0. The van der Waals surface area contributed by atoms with Crippen LogP contribution in [0.5, 0.6) is 5.75 Å². The van der Waals surface area contributed by atoms with Gasteiger partial charge in [0.15, 0.2) is 0 Å². The molecule has 1 aromatic rings. The van der Waals surface area contributed by atoms with Crippen LogP contribution in [0.2, 0.25) is 0 Å². The van der Waals surface area contributed by atoms with Gasteiger partial charge in [-0.05, 0) is 47.8 Å². The quantitative estimate of drug-likeness (QED) is 0.906. The molecule has 0 radical (unpaired) electrons. The van der Waals surface area contributed by atoms with E-state index in [0.29, 0.717) is 12.4 Å². The van der Waals surface area contributed by atoms with Crippen molar-refractivity contribution in [1.82, 2.24) is 4.72 Å². The Morgan fingerprint density at radius 2 is 2.18 bits per heavy atom. The van der Waals surface area contributed by atoms with Gasteiger partial charge in [-0.3, -0.25) is 0 Å². The number of rotatable bonds is 5. The Kier molecular flexibility index (Phi) is 3.75. The maximum atomic E-state index is 12.0. The second-order valence-electron chi connectivity index (χ2n) is 3.92. The van der Waals surface area contributed by atoms with Gasteiger partial charge in [0.2, 0.25) is 10.0 Å². The van der Waals surface area contributed by atoms with E-state index in [2.05, 4.69) is 20.7 Å². The molecule has 94 valence electrons. The highest BCUT2D eigenvalue weighted by Crippen LogP contribution is 2.29. The second-order valence-corrected chi connectivity index (χ2v) is 6.49. The van der Waals surface area contributed by atoms with E-state index in [1.807, 2.05) is 6.92 Å². The maximum Gasteiger partial charge on any atom is 0.240 e. The Morgan fingerprint density at radius 3 is 2.76 bits per heavy atom. The van der Waals surface area contributed by atoms with Gasteiger partial charge in [0.25, 0.3) is 0 Å². The molecule has 0 unspecified atom stereocenters. The molecular formula is C11H14BrNO3S. The summed E-state index contributed by atoms with van der Waals surface area (Å²) in [4.78, 5) is 0.246. The minimum Gasteiger partial charge on any atom is -0.493 e. The van der Waals surface area contributed by atoms with Crippen LogP contribution in [0, 0.1) is 0 Å². The normalized spacial score (nSPS) is 15.9. The van der Waals surface area contributed by atoms with Crippen molar-refractivity contribution in [3.8, 4) is 5.75 Å². The van der Waals surface area contributed by atoms with Crippen molar-refractivity contribution >= 4 is 26.0 Å². The molecule has 1 aliphatic rings. The van der Waals surface area contributed by atoms with Gasteiger partial charge in [-0.1, -0.05) is 0 Å². The van der Waals surface area contributed by atoms with Crippen LogP contribution in [-0.4, -0.2) is 21.1 Å². The molecule has 0 aliphatic heterocycles. The highest BCUT2D eigenvalue weighted by Gasteiger charge is 2.28. The first-order chi connectivity index (χ1) is 8.03. The standard InChI is InChI=1S/C11H14BrNO3S/c1-2-16-11-7-9(5-6-10(11)12)17(14,15)13-8-3-4-8/h5-8,13H,2-4H2,1H3. The third-order valence-electron chi connectivity index (χ3n) is 2.41. The van der Waals surface area contributed by atoms with Gasteiger partial charge >= 0.3 is 0 Å². The summed E-state index contributed by atoms with van der Waals surface area (Å²) in [6.45, 7) is 2.36. The summed E-state index contributed by atoms with van der Waals surface area (Å²) in [5, 5.41) is 0. The van der Waals surface area contributed by atoms with E-state index < -0.39 is 10.0 Å². The van der Waals surface area contributed by atoms with Gasteiger partial charge in [0.05, 0.1) is 16.0 Å². The predicted molar refractivity (Wildman–Crippen MR) is 68.7 cm³/mol. The van der Waals surface area contributed by atoms with Crippen molar-refractivity contribution in [3.05, 3.63) is 22.7 Å². The van der Waals surface area contributed by atoms with Crippen molar-refractivity contribution in [3.63, 3.8) is 0 Å². The zero-order chi connectivity index (χ0) is 12.5. The third-order valence-corrected chi connectivity index (χ3v) is 4.59. The summed E-state index contributed by atoms with van der Waals surface area (Å²) >= 11 is 3.32. The lowest BCUT2D eigenvalue weighted by atomic mass is 10.3. The molecule has 1 aliphatic carbocycles. The molecule has 0 atom stereocenters. The van der Waals surface area contributed by atoms with E-state index in [9.17, 15) is 8.42 Å². The fourth-order valence-electron chi connectivity index (χ4n) is 1.41. The number of ether oxygens (including phenoxy) is 1. The van der Waals surface area contributed by atoms with Crippen molar-refractivity contribution in [2.45, 2.75) is 30.7 Å². The lowest BCUT2D eigenvalue weighted by Crippen LogP contribution is -2.25. The van der Waals surface area contributed by atoms with Crippen LogP contribution in [0.4, 0.5) is 0 Å². The number of benzene rings is 1. The Hall–Kier alpha value is -0.590. The van der Waals surface area contributed by atoms with E-state index in [-0.39, 0.29) is 10.9 Å². The van der Waals surface area contributed by atoms with Gasteiger partial charge in [-0.15, -0.1) is 0 Å². The molecule has 1 aromatic carbocycles. The SMILES string of the molecule is CCOc1cc(S(=O)(=O)NC2CC2)ccc1Br. The first kappa shape index (κ1) is 12.9. The average Bonchev–Trinajstić information content (AvgIpc) is 3.04. The maximum absolute atomic E-state index is 12.0. The molecule has 1 N–H and O–H groups in total. The van der Waals surface area contributed by atoms with Crippen molar-refractivity contribution in [2.24, 2.45) is 0 Å². The molecule has 0 saturated heterocycles. The minimum atomic E-state index is -3.41. The van der Waals surface area contributed by atoms with E-state index in [1.54, 1.807) is 12.1 Å². The lowest BCUT2D eigenvalue weighted by Gasteiger charge is -2.09. The molecule has 1 fully saturated rings. The first-order valence-electron chi connectivity index (χ1n) is 5.47. The molecule has 0 spiro atoms. The summed E-state index contributed by atoms with van der Waals surface area (Å²) < 4.78 is 32.7. The van der Waals surface area contributed by atoms with Gasteiger partial charge in [-0.2, -0.15) is 0 Å². The Labute approximate surface area is 110 Å². The van der Waals surface area contributed by atoms with Gasteiger partial charge < -0.3 is 4.74 Å². The zero-order valence-electron chi connectivity index (χ0n) is 9.44. The largest absolute Gasteiger partial charge is 0.493 e. The summed E-state index contributed by atoms with van der Waals surface area (Å²) in [5.74, 6) is 0.547. The number of sulfonamides is 1. The average molecular weight is 320 g/mol. The van der Waals surface area contributed by atoms with Crippen LogP contribution in [0.3, 0.4) is 0 Å². The molecule has 0 aromatic heterocycles. The third kappa shape index (κ3) is 3.20. The highest BCUT2D eigenvalue weighted by molar-refractivity contribution is 9.10. The monoisotopic (exact) mass is 319 g/mol. The van der Waals surface area contributed by atoms with Crippen molar-refractivity contribution in [1.29, 1.82) is 0 Å². The second kappa shape index (κ2) is 4.96. The Bertz CT molecular complexity index is 511. The minimum absolute atomic E-state index is 0.110. The van der Waals surface area contributed by atoms with Crippen LogP contribution in [0.25, 0.3) is 0 Å². The molecule has 17 heavy (non-hydrogen) atoms. The summed E-state index contributed by atoms with van der Waals surface area (Å²) in [7, 11) is -3.41. The van der Waals surface area contributed by atoms with E-state index >= 15 is 0 Å². The zero-order valence-corrected chi connectivity index (χ0v) is 11.8. The van der Waals surface area contributed by atoms with Crippen molar-refractivity contribution in [2.75, 3.05) is 6.61 Å². The summed E-state index contributed by atoms with van der Waals surface area (Å²) in [6, 6.07) is 4.90. The van der Waals surface area contributed by atoms with Crippen LogP contribution in [0.1, 0.15) is 19.8 Å². The molecule has 0 amide bonds. The predicted octanol–water partition coefficient (Wildman–Crippen LogP) is 2.29. The van der Waals surface area contributed by atoms with Gasteiger partial charge in [-0.25, -0.2) is 13.1 Å². The van der Waals surface area contributed by atoms with Gasteiger partial charge in [0.1, 0.15) is 5.75 Å². The molecule has 2 rings (SSSR count). The van der Waals surface area contributed by atoms with Gasteiger partial charge in [0, 0.05) is 12.1 Å². The van der Waals surface area contributed by atoms with Crippen LogP contribution >= 0.6 is 15.9 Å². The fraction of sp³-hybridized carbons (Fsp3) is 0.455. The topological polar surface area (TPSA) is 55.4 Å². The highest BCUT2D eigenvalue weighted by atomic mass is 79.9. The van der Waals surface area contributed by atoms with Crippen molar-refractivity contribution < 1.29 is 13.2 Å². The Balaban J connectivity index is 2.28.